The van der Waals surface area contributed by atoms with Gasteiger partial charge in [-0.2, -0.15) is 0 Å². The maximum Gasteiger partial charge on any atom is 0.0855 e. The lowest BCUT2D eigenvalue weighted by atomic mass is 9.96. The largest absolute Gasteiger partial charge is 0.390 e. The van der Waals surface area contributed by atoms with Crippen LogP contribution < -0.4 is 0 Å². The minimum absolute atomic E-state index is 0.0475. The van der Waals surface area contributed by atoms with Gasteiger partial charge in [0.15, 0.2) is 0 Å². The van der Waals surface area contributed by atoms with Crippen molar-refractivity contribution in [3.63, 3.8) is 0 Å². The van der Waals surface area contributed by atoms with Gasteiger partial charge in [0.2, 0.25) is 0 Å². The maximum atomic E-state index is 10.3. The average molecular weight is 234 g/mol. The summed E-state index contributed by atoms with van der Waals surface area (Å²) in [7, 11) is 1.69. The minimum Gasteiger partial charge on any atom is -0.390 e. The van der Waals surface area contributed by atoms with E-state index in [1.807, 2.05) is 6.07 Å². The Morgan fingerprint density at radius 3 is 2.41 bits per heavy atom. The number of aliphatic hydroxyl groups excluding tert-OH is 1. The normalized spacial score (nSPS) is 26.9. The van der Waals surface area contributed by atoms with Gasteiger partial charge < -0.3 is 9.84 Å². The third kappa shape index (κ3) is 2.70. The van der Waals surface area contributed by atoms with Crippen LogP contribution in [0.2, 0.25) is 0 Å². The molecule has 94 valence electrons. The highest BCUT2D eigenvalue weighted by molar-refractivity contribution is 5.26. The molecule has 4 atom stereocenters. The number of hydrogen-bond acceptors (Lipinski definition) is 2. The number of rotatable bonds is 5. The standard InChI is InChI=1S/C15H22O2/c1-10(2)15(17-3)14(16)13-9-12(13)11-7-5-4-6-8-11/h4-8,10,12-16H,9H2,1-3H3. The molecule has 4 unspecified atom stereocenters. The molecule has 1 saturated carbocycles. The lowest BCUT2D eigenvalue weighted by molar-refractivity contribution is -0.0479. The van der Waals surface area contributed by atoms with Crippen LogP contribution in [0.3, 0.4) is 0 Å². The summed E-state index contributed by atoms with van der Waals surface area (Å²) in [6.45, 7) is 4.19. The van der Waals surface area contributed by atoms with Crippen molar-refractivity contribution in [2.24, 2.45) is 11.8 Å². The fourth-order valence-electron chi connectivity index (χ4n) is 2.73. The van der Waals surface area contributed by atoms with Crippen LogP contribution in [-0.2, 0) is 4.74 Å². The second-order valence-electron chi connectivity index (χ2n) is 5.35. The van der Waals surface area contributed by atoms with Crippen LogP contribution in [0.15, 0.2) is 30.3 Å². The van der Waals surface area contributed by atoms with Gasteiger partial charge in [-0.25, -0.2) is 0 Å². The summed E-state index contributed by atoms with van der Waals surface area (Å²) in [4.78, 5) is 0. The molecule has 0 saturated heterocycles. The van der Waals surface area contributed by atoms with Crippen molar-refractivity contribution in [1.82, 2.24) is 0 Å². The van der Waals surface area contributed by atoms with E-state index in [1.54, 1.807) is 7.11 Å². The highest BCUT2D eigenvalue weighted by Crippen LogP contribution is 2.50. The van der Waals surface area contributed by atoms with Gasteiger partial charge in [-0.1, -0.05) is 44.2 Å². The zero-order valence-electron chi connectivity index (χ0n) is 10.8. The lowest BCUT2D eigenvalue weighted by Crippen LogP contribution is -2.34. The predicted octanol–water partition coefficient (Wildman–Crippen LogP) is 2.82. The van der Waals surface area contributed by atoms with Gasteiger partial charge in [0.1, 0.15) is 0 Å². The Hall–Kier alpha value is -0.860. The minimum atomic E-state index is -0.342. The fourth-order valence-corrected chi connectivity index (χ4v) is 2.73. The van der Waals surface area contributed by atoms with Crippen LogP contribution in [-0.4, -0.2) is 24.4 Å². The zero-order valence-corrected chi connectivity index (χ0v) is 10.8. The van der Waals surface area contributed by atoms with E-state index < -0.39 is 0 Å². The number of hydrogen-bond donors (Lipinski definition) is 1. The highest BCUT2D eigenvalue weighted by atomic mass is 16.5. The molecule has 1 N–H and O–H groups in total. The molecule has 17 heavy (non-hydrogen) atoms. The van der Waals surface area contributed by atoms with Crippen LogP contribution >= 0.6 is 0 Å². The molecule has 0 amide bonds. The van der Waals surface area contributed by atoms with Gasteiger partial charge in [-0.3, -0.25) is 0 Å². The van der Waals surface area contributed by atoms with Crippen LogP contribution in [0.5, 0.6) is 0 Å². The van der Waals surface area contributed by atoms with Crippen LogP contribution in [0.4, 0.5) is 0 Å². The molecule has 0 bridgehead atoms. The van der Waals surface area contributed by atoms with E-state index in [2.05, 4.69) is 38.1 Å². The molecule has 0 aliphatic heterocycles. The number of aliphatic hydroxyl groups is 1. The van der Waals surface area contributed by atoms with E-state index in [1.165, 1.54) is 5.56 Å². The first-order valence-corrected chi connectivity index (χ1v) is 6.41. The molecule has 1 aliphatic carbocycles. The molecule has 1 aliphatic rings. The molecule has 1 aromatic carbocycles. The van der Waals surface area contributed by atoms with Crippen molar-refractivity contribution in [3.8, 4) is 0 Å². The summed E-state index contributed by atoms with van der Waals surface area (Å²) >= 11 is 0. The summed E-state index contributed by atoms with van der Waals surface area (Å²) in [6, 6.07) is 10.5. The molecular weight excluding hydrogens is 212 g/mol. The van der Waals surface area contributed by atoms with E-state index in [4.69, 9.17) is 4.74 Å². The number of methoxy groups -OCH3 is 1. The number of ether oxygens (including phenoxy) is 1. The first kappa shape index (κ1) is 12.6. The fraction of sp³-hybridized carbons (Fsp3) is 0.600. The molecule has 1 fully saturated rings. The first-order chi connectivity index (χ1) is 8.15. The molecule has 2 heteroatoms. The Morgan fingerprint density at radius 2 is 1.88 bits per heavy atom. The molecule has 0 spiro atoms. The molecule has 0 radical (unpaired) electrons. The lowest BCUT2D eigenvalue weighted by Gasteiger charge is -2.25. The summed E-state index contributed by atoms with van der Waals surface area (Å²) < 4.78 is 5.41. The van der Waals surface area contributed by atoms with E-state index >= 15 is 0 Å². The second-order valence-corrected chi connectivity index (χ2v) is 5.35. The maximum absolute atomic E-state index is 10.3. The third-order valence-corrected chi connectivity index (χ3v) is 3.77. The van der Waals surface area contributed by atoms with Gasteiger partial charge in [-0.15, -0.1) is 0 Å². The van der Waals surface area contributed by atoms with E-state index in [0.717, 1.165) is 6.42 Å². The van der Waals surface area contributed by atoms with Crippen molar-refractivity contribution >= 4 is 0 Å². The summed E-state index contributed by atoms with van der Waals surface area (Å²) in [6.07, 6.45) is 0.691. The van der Waals surface area contributed by atoms with Crippen LogP contribution in [0.25, 0.3) is 0 Å². The Morgan fingerprint density at radius 1 is 1.24 bits per heavy atom. The van der Waals surface area contributed by atoms with Crippen LogP contribution in [0, 0.1) is 11.8 Å². The Balaban J connectivity index is 1.98. The molecule has 0 heterocycles. The Labute approximate surface area is 104 Å². The second kappa shape index (κ2) is 5.19. The van der Waals surface area contributed by atoms with Gasteiger partial charge in [0.05, 0.1) is 12.2 Å². The van der Waals surface area contributed by atoms with Crippen molar-refractivity contribution in [2.75, 3.05) is 7.11 Å². The Kier molecular flexibility index (Phi) is 3.85. The topological polar surface area (TPSA) is 29.5 Å². The van der Waals surface area contributed by atoms with Crippen LogP contribution in [0.1, 0.15) is 31.7 Å². The highest BCUT2D eigenvalue weighted by Gasteiger charge is 2.46. The molecule has 2 rings (SSSR count). The van der Waals surface area contributed by atoms with Gasteiger partial charge >= 0.3 is 0 Å². The summed E-state index contributed by atoms with van der Waals surface area (Å²) in [5, 5.41) is 10.3. The van der Waals surface area contributed by atoms with E-state index in [9.17, 15) is 5.11 Å². The zero-order chi connectivity index (χ0) is 12.4. The smallest absolute Gasteiger partial charge is 0.0855 e. The van der Waals surface area contributed by atoms with E-state index in [0.29, 0.717) is 17.8 Å². The first-order valence-electron chi connectivity index (χ1n) is 6.41. The summed E-state index contributed by atoms with van der Waals surface area (Å²) in [5.41, 5.74) is 1.34. The van der Waals surface area contributed by atoms with Gasteiger partial charge in [0.25, 0.3) is 0 Å². The van der Waals surface area contributed by atoms with Crippen molar-refractivity contribution < 1.29 is 9.84 Å². The Bertz CT molecular complexity index is 347. The van der Waals surface area contributed by atoms with Gasteiger partial charge in [0, 0.05) is 7.11 Å². The average Bonchev–Trinajstić information content (AvgIpc) is 3.10. The van der Waals surface area contributed by atoms with Crippen molar-refractivity contribution in [3.05, 3.63) is 35.9 Å². The molecule has 0 aromatic heterocycles. The SMILES string of the molecule is COC(C(C)C)C(O)C1CC1c1ccccc1. The predicted molar refractivity (Wildman–Crippen MR) is 68.9 cm³/mol. The molecule has 1 aromatic rings. The summed E-state index contributed by atoms with van der Waals surface area (Å²) in [5.74, 6) is 1.24. The number of benzene rings is 1. The van der Waals surface area contributed by atoms with E-state index in [-0.39, 0.29) is 12.2 Å². The quantitative estimate of drug-likeness (QED) is 0.849. The monoisotopic (exact) mass is 234 g/mol. The molecule has 2 nitrogen and oxygen atoms in total. The van der Waals surface area contributed by atoms with Crippen molar-refractivity contribution in [2.45, 2.75) is 38.4 Å². The van der Waals surface area contributed by atoms with Gasteiger partial charge in [-0.05, 0) is 29.7 Å². The molecular formula is C15H22O2. The third-order valence-electron chi connectivity index (χ3n) is 3.77. The van der Waals surface area contributed by atoms with Crippen molar-refractivity contribution in [1.29, 1.82) is 0 Å².